The molecular weight excluding hydrogens is 255 g/mol. The fourth-order valence-corrected chi connectivity index (χ4v) is 2.05. The van der Waals surface area contributed by atoms with E-state index in [0.29, 0.717) is 17.8 Å². The van der Waals surface area contributed by atoms with Crippen LogP contribution in [0.2, 0.25) is 0 Å². The molecule has 1 saturated heterocycles. The Kier molecular flexibility index (Phi) is 5.56. The molecule has 0 radical (unpaired) electrons. The second-order valence-electron chi connectivity index (χ2n) is 4.44. The average Bonchev–Trinajstić information content (AvgIpc) is 2.36. The molecule has 0 aliphatic carbocycles. The minimum absolute atomic E-state index is 0. The number of piperidine rings is 1. The van der Waals surface area contributed by atoms with Crippen LogP contribution in [-0.2, 0) is 4.79 Å². The predicted octanol–water partition coefficient (Wildman–Crippen LogP) is 2.49. The van der Waals surface area contributed by atoms with Crippen molar-refractivity contribution in [1.29, 1.82) is 0 Å². The van der Waals surface area contributed by atoms with Gasteiger partial charge in [0.1, 0.15) is 5.82 Å². The van der Waals surface area contributed by atoms with Crippen molar-refractivity contribution in [3.05, 3.63) is 29.6 Å². The number of anilines is 1. The average molecular weight is 273 g/mol. The molecule has 1 heterocycles. The molecule has 5 heteroatoms. The van der Waals surface area contributed by atoms with Gasteiger partial charge in [-0.2, -0.15) is 0 Å². The fourth-order valence-electron chi connectivity index (χ4n) is 2.05. The highest BCUT2D eigenvalue weighted by Gasteiger charge is 2.21. The molecule has 18 heavy (non-hydrogen) atoms. The van der Waals surface area contributed by atoms with Crippen molar-refractivity contribution >= 4 is 24.0 Å². The van der Waals surface area contributed by atoms with Gasteiger partial charge in [-0.25, -0.2) is 4.39 Å². The molecule has 0 bridgehead atoms. The molecule has 1 amide bonds. The Balaban J connectivity index is 0.00000162. The Hall–Kier alpha value is -1.13. The molecular formula is C13H18ClFN2O. The molecule has 0 aromatic heterocycles. The second kappa shape index (κ2) is 6.71. The minimum Gasteiger partial charge on any atom is -0.325 e. The van der Waals surface area contributed by atoms with Crippen molar-refractivity contribution in [3.8, 4) is 0 Å². The number of rotatable bonds is 2. The smallest absolute Gasteiger partial charge is 0.228 e. The SMILES string of the molecule is Cc1c(F)cccc1NC(=O)[C@@H]1CCCNC1.Cl. The number of carbonyl (C=O) groups excluding carboxylic acids is 1. The van der Waals surface area contributed by atoms with Gasteiger partial charge in [-0.15, -0.1) is 12.4 Å². The minimum atomic E-state index is -0.287. The van der Waals surface area contributed by atoms with E-state index in [9.17, 15) is 9.18 Å². The fraction of sp³-hybridized carbons (Fsp3) is 0.462. The molecule has 3 nitrogen and oxygen atoms in total. The van der Waals surface area contributed by atoms with E-state index in [-0.39, 0.29) is 30.0 Å². The summed E-state index contributed by atoms with van der Waals surface area (Å²) in [6.45, 7) is 3.35. The molecule has 2 rings (SSSR count). The third-order valence-corrected chi connectivity index (χ3v) is 3.19. The van der Waals surface area contributed by atoms with Crippen molar-refractivity contribution in [2.24, 2.45) is 5.92 Å². The summed E-state index contributed by atoms with van der Waals surface area (Å²) in [5, 5.41) is 5.99. The van der Waals surface area contributed by atoms with E-state index < -0.39 is 0 Å². The van der Waals surface area contributed by atoms with Crippen LogP contribution in [0, 0.1) is 18.7 Å². The molecule has 1 aliphatic rings. The molecule has 0 saturated carbocycles. The van der Waals surface area contributed by atoms with Crippen molar-refractivity contribution in [2.75, 3.05) is 18.4 Å². The normalized spacial score (nSPS) is 18.9. The largest absolute Gasteiger partial charge is 0.325 e. The first-order valence-corrected chi connectivity index (χ1v) is 5.95. The van der Waals surface area contributed by atoms with Gasteiger partial charge in [0.25, 0.3) is 0 Å². The van der Waals surface area contributed by atoms with Crippen molar-refractivity contribution in [1.82, 2.24) is 5.32 Å². The Morgan fingerprint density at radius 2 is 2.28 bits per heavy atom. The van der Waals surface area contributed by atoms with Gasteiger partial charge in [-0.3, -0.25) is 4.79 Å². The van der Waals surface area contributed by atoms with Crippen LogP contribution in [-0.4, -0.2) is 19.0 Å². The molecule has 1 aromatic carbocycles. The lowest BCUT2D eigenvalue weighted by Crippen LogP contribution is -2.37. The molecule has 100 valence electrons. The maximum Gasteiger partial charge on any atom is 0.228 e. The number of carbonyl (C=O) groups is 1. The zero-order valence-corrected chi connectivity index (χ0v) is 11.1. The Labute approximate surface area is 113 Å². The molecule has 2 N–H and O–H groups in total. The monoisotopic (exact) mass is 272 g/mol. The summed E-state index contributed by atoms with van der Waals surface area (Å²) in [7, 11) is 0. The summed E-state index contributed by atoms with van der Waals surface area (Å²) >= 11 is 0. The van der Waals surface area contributed by atoms with Gasteiger partial charge < -0.3 is 10.6 Å². The first-order chi connectivity index (χ1) is 8.18. The van der Waals surface area contributed by atoms with E-state index >= 15 is 0 Å². The van der Waals surface area contributed by atoms with Gasteiger partial charge in [0, 0.05) is 17.8 Å². The van der Waals surface area contributed by atoms with Crippen LogP contribution in [0.4, 0.5) is 10.1 Å². The summed E-state index contributed by atoms with van der Waals surface area (Å²) in [5.41, 5.74) is 1.06. The quantitative estimate of drug-likeness (QED) is 0.869. The number of amides is 1. The summed E-state index contributed by atoms with van der Waals surface area (Å²) in [4.78, 5) is 12.0. The van der Waals surface area contributed by atoms with Crippen LogP contribution >= 0.6 is 12.4 Å². The molecule has 1 aromatic rings. The topological polar surface area (TPSA) is 41.1 Å². The van der Waals surface area contributed by atoms with Gasteiger partial charge in [-0.05, 0) is 38.4 Å². The summed E-state index contributed by atoms with van der Waals surface area (Å²) in [5.74, 6) is -0.318. The third-order valence-electron chi connectivity index (χ3n) is 3.19. The molecule has 1 atom stereocenters. The van der Waals surface area contributed by atoms with Crippen LogP contribution in [0.5, 0.6) is 0 Å². The van der Waals surface area contributed by atoms with Crippen LogP contribution in [0.25, 0.3) is 0 Å². The number of halogens is 2. The Morgan fingerprint density at radius 3 is 2.94 bits per heavy atom. The number of hydrogen-bond donors (Lipinski definition) is 2. The van der Waals surface area contributed by atoms with Gasteiger partial charge in [0.05, 0.1) is 5.92 Å². The van der Waals surface area contributed by atoms with E-state index in [0.717, 1.165) is 19.4 Å². The highest BCUT2D eigenvalue weighted by Crippen LogP contribution is 2.19. The lowest BCUT2D eigenvalue weighted by atomic mass is 9.98. The predicted molar refractivity (Wildman–Crippen MR) is 72.6 cm³/mol. The van der Waals surface area contributed by atoms with Gasteiger partial charge >= 0.3 is 0 Å². The van der Waals surface area contributed by atoms with Crippen molar-refractivity contribution < 1.29 is 9.18 Å². The molecule has 1 aliphatic heterocycles. The first kappa shape index (κ1) is 14.9. The van der Waals surface area contributed by atoms with Gasteiger partial charge in [0.15, 0.2) is 0 Å². The molecule has 1 fully saturated rings. The zero-order chi connectivity index (χ0) is 12.3. The van der Waals surface area contributed by atoms with Gasteiger partial charge in [-0.1, -0.05) is 6.07 Å². The third kappa shape index (κ3) is 3.43. The number of benzene rings is 1. The highest BCUT2D eigenvalue weighted by molar-refractivity contribution is 5.93. The standard InChI is InChI=1S/C13H17FN2O.ClH/c1-9-11(14)5-2-6-12(9)16-13(17)10-4-3-7-15-8-10;/h2,5-6,10,15H,3-4,7-8H2,1H3,(H,16,17);1H/t10-;/m1./s1. The van der Waals surface area contributed by atoms with Crippen LogP contribution < -0.4 is 10.6 Å². The van der Waals surface area contributed by atoms with Crippen molar-refractivity contribution in [2.45, 2.75) is 19.8 Å². The maximum atomic E-state index is 13.3. The second-order valence-corrected chi connectivity index (χ2v) is 4.44. The van der Waals surface area contributed by atoms with Gasteiger partial charge in [0.2, 0.25) is 5.91 Å². The Morgan fingerprint density at radius 1 is 1.50 bits per heavy atom. The van der Waals surface area contributed by atoms with E-state index in [4.69, 9.17) is 0 Å². The molecule has 0 unspecified atom stereocenters. The molecule has 0 spiro atoms. The maximum absolute atomic E-state index is 13.3. The van der Waals surface area contributed by atoms with E-state index in [1.807, 2.05) is 0 Å². The van der Waals surface area contributed by atoms with Crippen LogP contribution in [0.15, 0.2) is 18.2 Å². The number of nitrogens with one attached hydrogen (secondary N) is 2. The van der Waals surface area contributed by atoms with E-state index in [1.165, 1.54) is 6.07 Å². The van der Waals surface area contributed by atoms with Crippen LogP contribution in [0.3, 0.4) is 0 Å². The summed E-state index contributed by atoms with van der Waals surface area (Å²) in [6.07, 6.45) is 1.91. The van der Waals surface area contributed by atoms with E-state index in [2.05, 4.69) is 10.6 Å². The first-order valence-electron chi connectivity index (χ1n) is 5.95. The zero-order valence-electron chi connectivity index (χ0n) is 10.3. The van der Waals surface area contributed by atoms with E-state index in [1.54, 1.807) is 19.1 Å². The highest BCUT2D eigenvalue weighted by atomic mass is 35.5. The van der Waals surface area contributed by atoms with Crippen molar-refractivity contribution in [3.63, 3.8) is 0 Å². The number of hydrogen-bond acceptors (Lipinski definition) is 2. The Bertz CT molecular complexity index is 419. The summed E-state index contributed by atoms with van der Waals surface area (Å²) in [6, 6.07) is 4.73. The lowest BCUT2D eigenvalue weighted by Gasteiger charge is -2.22. The summed E-state index contributed by atoms with van der Waals surface area (Å²) < 4.78 is 13.3. The lowest BCUT2D eigenvalue weighted by molar-refractivity contribution is -0.120. The van der Waals surface area contributed by atoms with Crippen LogP contribution in [0.1, 0.15) is 18.4 Å².